The summed E-state index contributed by atoms with van der Waals surface area (Å²) < 4.78 is 11.2. The summed E-state index contributed by atoms with van der Waals surface area (Å²) in [6, 6.07) is 10.4. The van der Waals surface area contributed by atoms with Gasteiger partial charge in [-0.3, -0.25) is 14.9 Å². The normalized spacial score (nSPS) is 20.2. The van der Waals surface area contributed by atoms with Crippen LogP contribution in [-0.2, 0) is 0 Å². The molecule has 0 unspecified atom stereocenters. The Kier molecular flexibility index (Phi) is 8.41. The lowest BCUT2D eigenvalue weighted by Gasteiger charge is -2.42. The highest BCUT2D eigenvalue weighted by Crippen LogP contribution is 2.43. The van der Waals surface area contributed by atoms with E-state index in [-0.39, 0.29) is 57.7 Å². The predicted octanol–water partition coefficient (Wildman–Crippen LogP) is 4.52. The maximum atomic E-state index is 13.0. The first-order valence-corrected chi connectivity index (χ1v) is 13.8. The number of nitro benzene ring substituents is 1. The quantitative estimate of drug-likeness (QED) is 0.262. The van der Waals surface area contributed by atoms with Crippen molar-refractivity contribution in [1.29, 1.82) is 0 Å². The lowest BCUT2D eigenvalue weighted by atomic mass is 9.88. The zero-order chi connectivity index (χ0) is 29.1. The van der Waals surface area contributed by atoms with Crippen LogP contribution in [0, 0.1) is 10.1 Å². The molecule has 41 heavy (non-hydrogen) atoms. The van der Waals surface area contributed by atoms with E-state index in [0.29, 0.717) is 12.1 Å². The summed E-state index contributed by atoms with van der Waals surface area (Å²) in [4.78, 5) is 28.3. The fourth-order valence-corrected chi connectivity index (χ4v) is 5.79. The van der Waals surface area contributed by atoms with Gasteiger partial charge >= 0.3 is 0 Å². The molecule has 1 aliphatic heterocycles. The molecular weight excluding hydrogens is 530 g/mol. The lowest BCUT2D eigenvalue weighted by Crippen LogP contribution is -2.49. The molecule has 5 rings (SSSR count). The van der Waals surface area contributed by atoms with E-state index in [2.05, 4.69) is 34.4 Å². The highest BCUT2D eigenvalue weighted by molar-refractivity contribution is 5.93. The number of aromatic hydroxyl groups is 2. The minimum Gasteiger partial charge on any atom is -0.508 e. The Bertz CT molecular complexity index is 1370. The molecule has 2 aliphatic rings. The van der Waals surface area contributed by atoms with Gasteiger partial charge in [-0.2, -0.15) is 0 Å². The van der Waals surface area contributed by atoms with Gasteiger partial charge < -0.3 is 34.6 Å². The van der Waals surface area contributed by atoms with Gasteiger partial charge in [-0.05, 0) is 64.8 Å². The van der Waals surface area contributed by atoms with Crippen molar-refractivity contribution in [1.82, 2.24) is 20.3 Å². The molecule has 1 saturated heterocycles. The Labute approximate surface area is 237 Å². The highest BCUT2D eigenvalue weighted by Gasteiger charge is 2.30. The smallest absolute Gasteiger partial charge is 0.273 e. The van der Waals surface area contributed by atoms with Crippen LogP contribution in [0.2, 0.25) is 0 Å². The second kappa shape index (κ2) is 12.1. The number of hydrogen-bond acceptors (Lipinski definition) is 10. The molecule has 3 N–H and O–H groups in total. The molecule has 1 saturated carbocycles. The fraction of sp³-hybridized carbons (Fsp3) is 0.448. The van der Waals surface area contributed by atoms with E-state index >= 15 is 0 Å². The van der Waals surface area contributed by atoms with Crippen molar-refractivity contribution in [2.45, 2.75) is 56.7 Å². The Morgan fingerprint density at radius 1 is 1.07 bits per heavy atom. The number of benzene rings is 2. The largest absolute Gasteiger partial charge is 0.508 e. The van der Waals surface area contributed by atoms with E-state index in [9.17, 15) is 25.1 Å². The third-order valence-corrected chi connectivity index (χ3v) is 8.11. The van der Waals surface area contributed by atoms with Crippen molar-refractivity contribution in [2.75, 3.05) is 27.2 Å². The van der Waals surface area contributed by atoms with Crippen LogP contribution >= 0.6 is 0 Å². The fourth-order valence-electron chi connectivity index (χ4n) is 5.79. The van der Waals surface area contributed by atoms with Gasteiger partial charge in [0.25, 0.3) is 11.6 Å². The molecule has 0 atom stereocenters. The zero-order valence-electron chi connectivity index (χ0n) is 23.2. The number of nitro groups is 1. The number of likely N-dealkylation sites (tertiary alicyclic amines) is 1. The van der Waals surface area contributed by atoms with Gasteiger partial charge in [0.2, 0.25) is 0 Å². The number of hydrogen-bond donors (Lipinski definition) is 3. The molecule has 2 aromatic carbocycles. The summed E-state index contributed by atoms with van der Waals surface area (Å²) in [7, 11) is 4.30. The lowest BCUT2D eigenvalue weighted by molar-refractivity contribution is -0.384. The maximum Gasteiger partial charge on any atom is 0.273 e. The number of piperidine rings is 1. The summed E-state index contributed by atoms with van der Waals surface area (Å²) in [5.74, 6) is -0.675. The number of phenolic OH excluding ortho intramolecular Hbond substituents is 2. The Balaban J connectivity index is 1.21. The second-order valence-corrected chi connectivity index (χ2v) is 11.0. The average Bonchev–Trinajstić information content (AvgIpc) is 3.43. The van der Waals surface area contributed by atoms with Gasteiger partial charge in [0.1, 0.15) is 28.6 Å². The minimum atomic E-state index is -0.531. The van der Waals surface area contributed by atoms with Crippen molar-refractivity contribution in [2.24, 2.45) is 0 Å². The van der Waals surface area contributed by atoms with E-state index in [4.69, 9.17) is 9.26 Å². The monoisotopic (exact) mass is 565 g/mol. The van der Waals surface area contributed by atoms with Gasteiger partial charge in [-0.15, -0.1) is 0 Å². The van der Waals surface area contributed by atoms with Gasteiger partial charge in [0.15, 0.2) is 11.5 Å². The van der Waals surface area contributed by atoms with Crippen LogP contribution in [0.3, 0.4) is 0 Å². The molecule has 1 aliphatic carbocycles. The maximum absolute atomic E-state index is 13.0. The molecule has 0 bridgehead atoms. The summed E-state index contributed by atoms with van der Waals surface area (Å²) in [5, 5.41) is 38.5. The van der Waals surface area contributed by atoms with Crippen molar-refractivity contribution < 1.29 is 29.2 Å². The number of rotatable bonds is 8. The number of amides is 1. The Morgan fingerprint density at radius 3 is 2.39 bits per heavy atom. The van der Waals surface area contributed by atoms with Crippen LogP contribution in [-0.4, -0.2) is 81.3 Å². The van der Waals surface area contributed by atoms with E-state index in [0.717, 1.165) is 32.0 Å². The van der Waals surface area contributed by atoms with E-state index in [1.165, 1.54) is 62.1 Å². The van der Waals surface area contributed by atoms with Crippen LogP contribution in [0.4, 0.5) is 5.69 Å². The van der Waals surface area contributed by atoms with Gasteiger partial charge in [-0.25, -0.2) is 0 Å². The number of nitrogens with one attached hydrogen (secondary N) is 1. The zero-order valence-corrected chi connectivity index (χ0v) is 23.2. The number of ether oxygens (including phenoxy) is 1. The van der Waals surface area contributed by atoms with Crippen molar-refractivity contribution in [3.63, 3.8) is 0 Å². The van der Waals surface area contributed by atoms with Crippen molar-refractivity contribution in [3.05, 3.63) is 58.3 Å². The summed E-state index contributed by atoms with van der Waals surface area (Å²) in [6.45, 7) is 1.88. The molecule has 12 nitrogen and oxygen atoms in total. The summed E-state index contributed by atoms with van der Waals surface area (Å²) in [5.41, 5.74) is 0.0169. The molecule has 0 spiro atoms. The first kappa shape index (κ1) is 28.4. The van der Waals surface area contributed by atoms with Crippen LogP contribution < -0.4 is 10.1 Å². The third-order valence-electron chi connectivity index (χ3n) is 8.11. The number of non-ortho nitro benzene ring substituents is 1. The Morgan fingerprint density at radius 2 is 1.76 bits per heavy atom. The molecule has 218 valence electrons. The number of phenols is 2. The number of nitrogens with zero attached hydrogens (tertiary/aromatic N) is 4. The Hall–Kier alpha value is -4.16. The summed E-state index contributed by atoms with van der Waals surface area (Å²) in [6.07, 6.45) is 6.58. The topological polar surface area (TPSA) is 154 Å². The standard InChI is InChI=1S/C29H35N5O7/c1-32(2)19-3-5-20(6-4-19)33-13-11-18(12-14-33)30-29(37)24-17-27(41-31-24)28-25(36)15-22(35)16-26(28)40-23-9-7-21(8-10-23)34(38)39/h7-10,15-20,35-36H,3-6,11-14H2,1-2H3,(H,30,37). The summed E-state index contributed by atoms with van der Waals surface area (Å²) >= 11 is 0. The molecule has 0 radical (unpaired) electrons. The van der Waals surface area contributed by atoms with Gasteiger partial charge in [0.05, 0.1) is 4.92 Å². The molecule has 1 amide bonds. The third kappa shape index (κ3) is 6.60. The van der Waals surface area contributed by atoms with Crippen molar-refractivity contribution in [3.8, 4) is 34.3 Å². The van der Waals surface area contributed by atoms with Gasteiger partial charge in [-0.1, -0.05) is 5.16 Å². The molecule has 2 heterocycles. The van der Waals surface area contributed by atoms with E-state index in [1.54, 1.807) is 0 Å². The number of carbonyl (C=O) groups excluding carboxylic acids is 1. The van der Waals surface area contributed by atoms with Gasteiger partial charge in [0, 0.05) is 61.5 Å². The number of aromatic nitrogens is 1. The SMILES string of the molecule is CN(C)C1CCC(N2CCC(NC(=O)c3cc(-c4c(O)cc(O)cc4Oc4ccc([N+](=O)[O-])cc4)on3)CC2)CC1. The van der Waals surface area contributed by atoms with Crippen LogP contribution in [0.25, 0.3) is 11.3 Å². The molecular formula is C29H35N5O7. The average molecular weight is 566 g/mol. The highest BCUT2D eigenvalue weighted by atomic mass is 16.6. The van der Waals surface area contributed by atoms with Crippen LogP contribution in [0.1, 0.15) is 49.0 Å². The minimum absolute atomic E-state index is 0.0199. The molecule has 2 fully saturated rings. The molecule has 12 heteroatoms. The number of carbonyl (C=O) groups is 1. The van der Waals surface area contributed by atoms with Crippen molar-refractivity contribution >= 4 is 11.6 Å². The van der Waals surface area contributed by atoms with E-state index in [1.807, 2.05) is 0 Å². The molecule has 3 aromatic rings. The predicted molar refractivity (Wildman–Crippen MR) is 150 cm³/mol. The molecule has 1 aromatic heterocycles. The van der Waals surface area contributed by atoms with E-state index < -0.39 is 4.92 Å². The van der Waals surface area contributed by atoms with Crippen LogP contribution in [0.15, 0.2) is 47.0 Å². The second-order valence-electron chi connectivity index (χ2n) is 11.0. The first-order valence-electron chi connectivity index (χ1n) is 13.8. The van der Waals surface area contributed by atoms with Crippen LogP contribution in [0.5, 0.6) is 23.0 Å². The first-order chi connectivity index (χ1) is 19.7.